The summed E-state index contributed by atoms with van der Waals surface area (Å²) in [5.41, 5.74) is 8.73. The molecule has 0 radical (unpaired) electrons. The topological polar surface area (TPSA) is 46.2 Å². The lowest BCUT2D eigenvalue weighted by Crippen LogP contribution is -2.37. The molecule has 2 heteroatoms. The van der Waals surface area contributed by atoms with E-state index in [9.17, 15) is 0 Å². The Balaban J connectivity index is 3.22. The maximum absolute atomic E-state index is 9.14. The van der Waals surface area contributed by atoms with Crippen molar-refractivity contribution < 1.29 is 5.11 Å². The Kier molecular flexibility index (Phi) is 2.74. The van der Waals surface area contributed by atoms with E-state index < -0.39 is 5.54 Å². The molecule has 3 N–H and O–H groups in total. The van der Waals surface area contributed by atoms with Crippen LogP contribution in [0.3, 0.4) is 0 Å². The Bertz CT molecular complexity index is 305. The molecule has 1 atom stereocenters. The molecule has 0 aromatic heterocycles. The molecule has 1 aromatic rings. The van der Waals surface area contributed by atoms with Gasteiger partial charge in [-0.2, -0.15) is 0 Å². The van der Waals surface area contributed by atoms with Gasteiger partial charge in [0.1, 0.15) is 0 Å². The van der Waals surface area contributed by atoms with Crippen molar-refractivity contribution in [1.82, 2.24) is 0 Å². The molecule has 72 valence electrons. The van der Waals surface area contributed by atoms with Crippen molar-refractivity contribution in [1.29, 1.82) is 0 Å². The van der Waals surface area contributed by atoms with Crippen LogP contribution in [0.15, 0.2) is 18.2 Å². The second-order valence-corrected chi connectivity index (χ2v) is 3.82. The van der Waals surface area contributed by atoms with Gasteiger partial charge in [0.25, 0.3) is 0 Å². The summed E-state index contributed by atoms with van der Waals surface area (Å²) in [5, 5.41) is 9.14. The van der Waals surface area contributed by atoms with Crippen LogP contribution in [0.1, 0.15) is 23.6 Å². The molecular formula is C11H17NO. The zero-order valence-corrected chi connectivity index (χ0v) is 8.46. The first-order chi connectivity index (χ1) is 5.99. The van der Waals surface area contributed by atoms with Gasteiger partial charge >= 0.3 is 0 Å². The smallest absolute Gasteiger partial charge is 0.0650 e. The van der Waals surface area contributed by atoms with Crippen LogP contribution < -0.4 is 5.73 Å². The van der Waals surface area contributed by atoms with Gasteiger partial charge in [-0.3, -0.25) is 0 Å². The first-order valence-electron chi connectivity index (χ1n) is 4.45. The van der Waals surface area contributed by atoms with Crippen LogP contribution in [-0.4, -0.2) is 11.7 Å². The number of aryl methyl sites for hydroxylation is 1. The van der Waals surface area contributed by atoms with Crippen LogP contribution in [0.2, 0.25) is 0 Å². The van der Waals surface area contributed by atoms with E-state index in [0.29, 0.717) is 0 Å². The summed E-state index contributed by atoms with van der Waals surface area (Å²) >= 11 is 0. The largest absolute Gasteiger partial charge is 0.394 e. The number of hydrogen-bond acceptors (Lipinski definition) is 2. The van der Waals surface area contributed by atoms with E-state index in [1.54, 1.807) is 0 Å². The van der Waals surface area contributed by atoms with Gasteiger partial charge in [-0.25, -0.2) is 0 Å². The predicted molar refractivity (Wildman–Crippen MR) is 54.5 cm³/mol. The van der Waals surface area contributed by atoms with Crippen molar-refractivity contribution in [3.63, 3.8) is 0 Å². The van der Waals surface area contributed by atoms with Crippen LogP contribution in [0, 0.1) is 13.8 Å². The summed E-state index contributed by atoms with van der Waals surface area (Å²) in [7, 11) is 0. The molecule has 0 saturated heterocycles. The van der Waals surface area contributed by atoms with Gasteiger partial charge in [-0.05, 0) is 37.5 Å². The van der Waals surface area contributed by atoms with Crippen molar-refractivity contribution in [2.75, 3.05) is 6.61 Å². The quantitative estimate of drug-likeness (QED) is 0.722. The Labute approximate surface area is 79.4 Å². The highest BCUT2D eigenvalue weighted by molar-refractivity contribution is 5.37. The Hall–Kier alpha value is -0.860. The molecule has 1 rings (SSSR count). The van der Waals surface area contributed by atoms with E-state index in [0.717, 1.165) is 5.56 Å². The first kappa shape index (κ1) is 10.2. The van der Waals surface area contributed by atoms with Crippen molar-refractivity contribution in [2.45, 2.75) is 26.3 Å². The van der Waals surface area contributed by atoms with Crippen molar-refractivity contribution in [2.24, 2.45) is 5.73 Å². The van der Waals surface area contributed by atoms with Crippen LogP contribution in [-0.2, 0) is 5.54 Å². The first-order valence-corrected chi connectivity index (χ1v) is 4.45. The number of aliphatic hydroxyl groups is 1. The molecule has 0 aliphatic carbocycles. The molecule has 0 spiro atoms. The normalized spacial score (nSPS) is 15.5. The highest BCUT2D eigenvalue weighted by Crippen LogP contribution is 2.22. The molecular weight excluding hydrogens is 162 g/mol. The second kappa shape index (κ2) is 3.48. The van der Waals surface area contributed by atoms with Gasteiger partial charge < -0.3 is 10.8 Å². The molecule has 0 bridgehead atoms. The van der Waals surface area contributed by atoms with Crippen molar-refractivity contribution >= 4 is 0 Å². The van der Waals surface area contributed by atoms with E-state index in [4.69, 9.17) is 10.8 Å². The van der Waals surface area contributed by atoms with Gasteiger partial charge in [-0.1, -0.05) is 18.2 Å². The van der Waals surface area contributed by atoms with E-state index in [1.807, 2.05) is 39.0 Å². The fourth-order valence-corrected chi connectivity index (χ4v) is 1.45. The Morgan fingerprint density at radius 1 is 1.38 bits per heavy atom. The Morgan fingerprint density at radius 2 is 2.00 bits per heavy atom. The van der Waals surface area contributed by atoms with E-state index in [-0.39, 0.29) is 6.61 Å². The number of rotatable bonds is 2. The molecule has 0 amide bonds. The highest BCUT2D eigenvalue weighted by atomic mass is 16.3. The summed E-state index contributed by atoms with van der Waals surface area (Å²) in [5.74, 6) is 0. The van der Waals surface area contributed by atoms with Gasteiger partial charge in [0.05, 0.1) is 12.1 Å². The van der Waals surface area contributed by atoms with E-state index >= 15 is 0 Å². The lowest BCUT2D eigenvalue weighted by atomic mass is 9.88. The lowest BCUT2D eigenvalue weighted by Gasteiger charge is -2.25. The average Bonchev–Trinajstić information content (AvgIpc) is 2.09. The fraction of sp³-hybridized carbons (Fsp3) is 0.455. The van der Waals surface area contributed by atoms with Crippen LogP contribution in [0.4, 0.5) is 0 Å². The second-order valence-electron chi connectivity index (χ2n) is 3.82. The molecule has 1 unspecified atom stereocenters. The third-order valence-electron chi connectivity index (χ3n) is 2.55. The Morgan fingerprint density at radius 3 is 2.54 bits per heavy atom. The van der Waals surface area contributed by atoms with Gasteiger partial charge in [-0.15, -0.1) is 0 Å². The summed E-state index contributed by atoms with van der Waals surface area (Å²) < 4.78 is 0. The number of benzene rings is 1. The zero-order chi connectivity index (χ0) is 10.1. The molecule has 0 aliphatic rings. The highest BCUT2D eigenvalue weighted by Gasteiger charge is 2.21. The summed E-state index contributed by atoms with van der Waals surface area (Å²) in [4.78, 5) is 0. The third kappa shape index (κ3) is 1.90. The molecule has 2 nitrogen and oxygen atoms in total. The van der Waals surface area contributed by atoms with Gasteiger partial charge in [0, 0.05) is 0 Å². The minimum atomic E-state index is -0.629. The predicted octanol–water partition coefficient (Wildman–Crippen LogP) is 1.47. The lowest BCUT2D eigenvalue weighted by molar-refractivity contribution is 0.209. The maximum atomic E-state index is 9.14. The van der Waals surface area contributed by atoms with Crippen LogP contribution >= 0.6 is 0 Å². The van der Waals surface area contributed by atoms with E-state index in [1.165, 1.54) is 11.1 Å². The van der Waals surface area contributed by atoms with Crippen LogP contribution in [0.25, 0.3) is 0 Å². The molecule has 0 aliphatic heterocycles. The van der Waals surface area contributed by atoms with Crippen molar-refractivity contribution in [3.8, 4) is 0 Å². The molecule has 1 aromatic carbocycles. The molecule has 13 heavy (non-hydrogen) atoms. The summed E-state index contributed by atoms with van der Waals surface area (Å²) in [6, 6.07) is 5.99. The monoisotopic (exact) mass is 179 g/mol. The standard InChI is InChI=1S/C11H17NO/c1-8-5-4-6-10(9(8)2)11(3,12)7-13/h4-6,13H,7,12H2,1-3H3. The number of nitrogens with two attached hydrogens (primary N) is 1. The summed E-state index contributed by atoms with van der Waals surface area (Å²) in [6.07, 6.45) is 0. The third-order valence-corrected chi connectivity index (χ3v) is 2.55. The van der Waals surface area contributed by atoms with Crippen molar-refractivity contribution in [3.05, 3.63) is 34.9 Å². The number of aliphatic hydroxyl groups excluding tert-OH is 1. The van der Waals surface area contributed by atoms with Gasteiger partial charge in [0.2, 0.25) is 0 Å². The molecule has 0 fully saturated rings. The molecule has 0 saturated carbocycles. The summed E-state index contributed by atoms with van der Waals surface area (Å²) in [6.45, 7) is 5.89. The maximum Gasteiger partial charge on any atom is 0.0650 e. The number of hydrogen-bond donors (Lipinski definition) is 2. The zero-order valence-electron chi connectivity index (χ0n) is 8.46. The average molecular weight is 179 g/mol. The van der Waals surface area contributed by atoms with Crippen LogP contribution in [0.5, 0.6) is 0 Å². The minimum Gasteiger partial charge on any atom is -0.394 e. The van der Waals surface area contributed by atoms with E-state index in [2.05, 4.69) is 0 Å². The molecule has 0 heterocycles. The minimum absolute atomic E-state index is 0.0305. The SMILES string of the molecule is Cc1cccc(C(C)(N)CO)c1C. The van der Waals surface area contributed by atoms with Gasteiger partial charge in [0.15, 0.2) is 0 Å². The fourth-order valence-electron chi connectivity index (χ4n) is 1.45.